The molecule has 0 bridgehead atoms. The Morgan fingerprint density at radius 2 is 1.86 bits per heavy atom. The number of hydrogen-bond donors (Lipinski definition) is 1. The zero-order chi connectivity index (χ0) is 14.5. The van der Waals surface area contributed by atoms with Crippen molar-refractivity contribution in [3.63, 3.8) is 0 Å². The Morgan fingerprint density at radius 1 is 1.10 bits per heavy atom. The van der Waals surface area contributed by atoms with Gasteiger partial charge in [-0.1, -0.05) is 35.5 Å². The summed E-state index contributed by atoms with van der Waals surface area (Å²) in [5.74, 6) is 0.845. The summed E-state index contributed by atoms with van der Waals surface area (Å²) in [6, 6.07) is 18.0. The van der Waals surface area contributed by atoms with E-state index in [2.05, 4.69) is 5.16 Å². The second kappa shape index (κ2) is 6.41. The van der Waals surface area contributed by atoms with Crippen molar-refractivity contribution in [2.75, 3.05) is 6.54 Å². The molecule has 0 fully saturated rings. The van der Waals surface area contributed by atoms with E-state index in [1.165, 1.54) is 0 Å². The maximum absolute atomic E-state index is 5.76. The SMILES string of the molecule is NCC1CC(c2ccc(OCc3ccccc3)cc2)=NO1. The summed E-state index contributed by atoms with van der Waals surface area (Å²) in [5, 5.41) is 4.08. The third-order valence-electron chi connectivity index (χ3n) is 3.43. The van der Waals surface area contributed by atoms with Crippen LogP contribution in [0.2, 0.25) is 0 Å². The van der Waals surface area contributed by atoms with E-state index >= 15 is 0 Å². The maximum atomic E-state index is 5.76. The molecule has 1 aliphatic rings. The van der Waals surface area contributed by atoms with Gasteiger partial charge in [0.15, 0.2) is 0 Å². The van der Waals surface area contributed by atoms with Crippen LogP contribution in [0.1, 0.15) is 17.5 Å². The van der Waals surface area contributed by atoms with Gasteiger partial charge in [0.1, 0.15) is 18.5 Å². The second-order valence-electron chi connectivity index (χ2n) is 5.00. The number of benzene rings is 2. The Labute approximate surface area is 124 Å². The third-order valence-corrected chi connectivity index (χ3v) is 3.43. The van der Waals surface area contributed by atoms with Gasteiger partial charge in [0.2, 0.25) is 0 Å². The van der Waals surface area contributed by atoms with Gasteiger partial charge in [-0.2, -0.15) is 0 Å². The van der Waals surface area contributed by atoms with E-state index in [0.29, 0.717) is 13.2 Å². The summed E-state index contributed by atoms with van der Waals surface area (Å²) in [6.07, 6.45) is 0.773. The van der Waals surface area contributed by atoms with E-state index in [1.807, 2.05) is 54.6 Å². The molecule has 108 valence electrons. The molecule has 0 radical (unpaired) electrons. The molecule has 4 heteroatoms. The number of nitrogens with zero attached hydrogens (tertiary/aromatic N) is 1. The molecule has 0 saturated heterocycles. The maximum Gasteiger partial charge on any atom is 0.145 e. The van der Waals surface area contributed by atoms with Crippen LogP contribution in [-0.2, 0) is 11.4 Å². The van der Waals surface area contributed by atoms with Crippen molar-refractivity contribution in [2.45, 2.75) is 19.1 Å². The van der Waals surface area contributed by atoms with Gasteiger partial charge in [-0.3, -0.25) is 0 Å². The lowest BCUT2D eigenvalue weighted by atomic mass is 10.1. The summed E-state index contributed by atoms with van der Waals surface area (Å²) >= 11 is 0. The Morgan fingerprint density at radius 3 is 2.52 bits per heavy atom. The predicted molar refractivity (Wildman–Crippen MR) is 82.3 cm³/mol. The predicted octanol–water partition coefficient (Wildman–Crippen LogP) is 2.72. The van der Waals surface area contributed by atoms with Crippen LogP contribution in [0.5, 0.6) is 5.75 Å². The lowest BCUT2D eigenvalue weighted by Crippen LogP contribution is -2.20. The van der Waals surface area contributed by atoms with Gasteiger partial charge >= 0.3 is 0 Å². The molecule has 1 unspecified atom stereocenters. The molecule has 2 N–H and O–H groups in total. The lowest BCUT2D eigenvalue weighted by molar-refractivity contribution is 0.0918. The molecule has 21 heavy (non-hydrogen) atoms. The molecule has 0 amide bonds. The largest absolute Gasteiger partial charge is 0.489 e. The first-order valence-corrected chi connectivity index (χ1v) is 7.05. The minimum Gasteiger partial charge on any atom is -0.489 e. The molecule has 0 aliphatic carbocycles. The van der Waals surface area contributed by atoms with Crippen molar-refractivity contribution in [2.24, 2.45) is 10.9 Å². The Balaban J connectivity index is 1.60. The summed E-state index contributed by atoms with van der Waals surface area (Å²) in [7, 11) is 0. The first-order valence-electron chi connectivity index (χ1n) is 7.05. The van der Waals surface area contributed by atoms with Crippen molar-refractivity contribution in [1.82, 2.24) is 0 Å². The van der Waals surface area contributed by atoms with Crippen molar-refractivity contribution < 1.29 is 9.57 Å². The number of rotatable bonds is 5. The summed E-state index contributed by atoms with van der Waals surface area (Å²) in [5.41, 5.74) is 8.73. The number of hydrogen-bond acceptors (Lipinski definition) is 4. The van der Waals surface area contributed by atoms with Crippen LogP contribution in [0.15, 0.2) is 59.8 Å². The molecule has 3 rings (SSSR count). The van der Waals surface area contributed by atoms with Crippen molar-refractivity contribution in [3.8, 4) is 5.75 Å². The fourth-order valence-corrected chi connectivity index (χ4v) is 2.21. The van der Waals surface area contributed by atoms with Crippen LogP contribution in [0.4, 0.5) is 0 Å². The Bertz CT molecular complexity index is 608. The van der Waals surface area contributed by atoms with E-state index in [0.717, 1.165) is 29.0 Å². The second-order valence-corrected chi connectivity index (χ2v) is 5.00. The fourth-order valence-electron chi connectivity index (χ4n) is 2.21. The highest BCUT2D eigenvalue weighted by molar-refractivity contribution is 6.01. The van der Waals surface area contributed by atoms with Gasteiger partial charge in [0, 0.05) is 13.0 Å². The number of ether oxygens (including phenoxy) is 1. The number of nitrogens with two attached hydrogens (primary N) is 1. The molecule has 2 aromatic rings. The summed E-state index contributed by atoms with van der Waals surface area (Å²) in [6.45, 7) is 1.06. The van der Waals surface area contributed by atoms with Crippen LogP contribution in [0.3, 0.4) is 0 Å². The van der Waals surface area contributed by atoms with Gasteiger partial charge in [-0.05, 0) is 35.4 Å². The van der Waals surface area contributed by atoms with E-state index in [4.69, 9.17) is 15.3 Å². The van der Waals surface area contributed by atoms with Crippen molar-refractivity contribution in [1.29, 1.82) is 0 Å². The Hall–Kier alpha value is -2.33. The van der Waals surface area contributed by atoms with Gasteiger partial charge in [-0.25, -0.2) is 0 Å². The van der Waals surface area contributed by atoms with E-state index < -0.39 is 0 Å². The van der Waals surface area contributed by atoms with Crippen LogP contribution in [0.25, 0.3) is 0 Å². The third kappa shape index (κ3) is 3.41. The highest BCUT2D eigenvalue weighted by atomic mass is 16.6. The van der Waals surface area contributed by atoms with Crippen LogP contribution >= 0.6 is 0 Å². The van der Waals surface area contributed by atoms with Gasteiger partial charge < -0.3 is 15.3 Å². The first-order chi connectivity index (χ1) is 10.3. The molecular formula is C17H18N2O2. The van der Waals surface area contributed by atoms with Crippen molar-refractivity contribution >= 4 is 5.71 Å². The van der Waals surface area contributed by atoms with E-state index in [-0.39, 0.29) is 6.10 Å². The van der Waals surface area contributed by atoms with Crippen LogP contribution < -0.4 is 10.5 Å². The van der Waals surface area contributed by atoms with Gasteiger partial charge in [-0.15, -0.1) is 0 Å². The normalized spacial score (nSPS) is 17.2. The smallest absolute Gasteiger partial charge is 0.145 e. The topological polar surface area (TPSA) is 56.8 Å². The monoisotopic (exact) mass is 282 g/mol. The van der Waals surface area contributed by atoms with Crippen molar-refractivity contribution in [3.05, 3.63) is 65.7 Å². The molecule has 1 heterocycles. The zero-order valence-corrected chi connectivity index (χ0v) is 11.7. The molecule has 0 aromatic heterocycles. The number of oxime groups is 1. The standard InChI is InChI=1S/C17H18N2O2/c18-11-16-10-17(19-21-16)14-6-8-15(9-7-14)20-12-13-4-2-1-3-5-13/h1-9,16H,10-12,18H2. The lowest BCUT2D eigenvalue weighted by Gasteiger charge is -2.07. The average Bonchev–Trinajstić information content (AvgIpc) is 3.03. The Kier molecular flexibility index (Phi) is 4.17. The quantitative estimate of drug-likeness (QED) is 0.917. The minimum atomic E-state index is 0.00834. The molecule has 2 aromatic carbocycles. The minimum absolute atomic E-state index is 0.00834. The molecule has 0 spiro atoms. The van der Waals surface area contributed by atoms with Crippen LogP contribution in [0, 0.1) is 0 Å². The molecule has 1 aliphatic heterocycles. The summed E-state index contributed by atoms with van der Waals surface area (Å²) < 4.78 is 5.76. The summed E-state index contributed by atoms with van der Waals surface area (Å²) in [4.78, 5) is 5.24. The zero-order valence-electron chi connectivity index (χ0n) is 11.7. The highest BCUT2D eigenvalue weighted by Gasteiger charge is 2.20. The molecule has 4 nitrogen and oxygen atoms in total. The highest BCUT2D eigenvalue weighted by Crippen LogP contribution is 2.19. The van der Waals surface area contributed by atoms with Gasteiger partial charge in [0.25, 0.3) is 0 Å². The van der Waals surface area contributed by atoms with E-state index in [1.54, 1.807) is 0 Å². The van der Waals surface area contributed by atoms with Gasteiger partial charge in [0.05, 0.1) is 5.71 Å². The fraction of sp³-hybridized carbons (Fsp3) is 0.235. The van der Waals surface area contributed by atoms with E-state index in [9.17, 15) is 0 Å². The van der Waals surface area contributed by atoms with Crippen LogP contribution in [-0.4, -0.2) is 18.4 Å². The average molecular weight is 282 g/mol. The first kappa shape index (κ1) is 13.6. The molecular weight excluding hydrogens is 264 g/mol. The molecule has 0 saturated carbocycles. The molecule has 1 atom stereocenters.